The Balaban J connectivity index is 1.29. The summed E-state index contributed by atoms with van der Waals surface area (Å²) in [5.74, 6) is 0.504. The minimum absolute atomic E-state index is 0.504. The van der Waals surface area contributed by atoms with E-state index in [2.05, 4.69) is 87.5 Å². The number of hydrogen-bond donors (Lipinski definition) is 0. The fourth-order valence-corrected chi connectivity index (χ4v) is 6.94. The predicted molar refractivity (Wildman–Crippen MR) is 130 cm³/mol. The quantitative estimate of drug-likeness (QED) is 0.496. The molecule has 1 aliphatic heterocycles. The van der Waals surface area contributed by atoms with Gasteiger partial charge in [0.05, 0.1) is 5.25 Å². The van der Waals surface area contributed by atoms with Crippen LogP contribution in [0, 0.1) is 0 Å². The monoisotopic (exact) mass is 406 g/mol. The zero-order valence-electron chi connectivity index (χ0n) is 17.8. The number of benzene rings is 2. The Kier molecular flexibility index (Phi) is 4.11. The maximum Gasteiger partial charge on any atom is 0.0533 e. The number of fused-ring (bicyclic) bond motifs is 5. The molecule has 4 aliphatic rings. The van der Waals surface area contributed by atoms with Crippen molar-refractivity contribution in [3.63, 3.8) is 0 Å². The van der Waals surface area contributed by atoms with E-state index in [-0.39, 0.29) is 0 Å². The zero-order valence-corrected chi connectivity index (χ0v) is 18.6. The molecule has 1 heteroatoms. The second kappa shape index (κ2) is 6.75. The Morgan fingerprint density at radius 2 is 1.50 bits per heavy atom. The average Bonchev–Trinajstić information content (AvgIpc) is 3.34. The van der Waals surface area contributed by atoms with Crippen LogP contribution in [0.2, 0.25) is 0 Å². The molecule has 1 atom stereocenters. The molecule has 0 aromatic heterocycles. The summed E-state index contributed by atoms with van der Waals surface area (Å²) in [5, 5.41) is 0.506. The van der Waals surface area contributed by atoms with Gasteiger partial charge in [-0.25, -0.2) is 0 Å². The lowest BCUT2D eigenvalue weighted by Gasteiger charge is -2.21. The first kappa shape index (κ1) is 18.3. The van der Waals surface area contributed by atoms with Crippen molar-refractivity contribution >= 4 is 11.8 Å². The highest BCUT2D eigenvalue weighted by atomic mass is 32.2. The van der Waals surface area contributed by atoms with Crippen molar-refractivity contribution in [3.8, 4) is 11.1 Å². The van der Waals surface area contributed by atoms with Crippen molar-refractivity contribution in [3.05, 3.63) is 116 Å². The molecule has 30 heavy (non-hydrogen) atoms. The van der Waals surface area contributed by atoms with Gasteiger partial charge in [-0.3, -0.25) is 0 Å². The van der Waals surface area contributed by atoms with Gasteiger partial charge in [0.1, 0.15) is 0 Å². The number of allylic oxidation sites excluding steroid dienone is 8. The summed E-state index contributed by atoms with van der Waals surface area (Å²) >= 11 is 2.02. The number of thioether (sulfide) groups is 1. The number of hydrogen-bond acceptors (Lipinski definition) is 1. The van der Waals surface area contributed by atoms with Crippen molar-refractivity contribution < 1.29 is 0 Å². The molecular weight excluding hydrogens is 380 g/mol. The van der Waals surface area contributed by atoms with Crippen molar-refractivity contribution in [1.29, 1.82) is 0 Å². The van der Waals surface area contributed by atoms with E-state index in [1.54, 1.807) is 5.57 Å². The van der Waals surface area contributed by atoms with Crippen molar-refractivity contribution in [2.75, 3.05) is 0 Å². The zero-order chi connectivity index (χ0) is 20.4. The molecular formula is C29H26S. The van der Waals surface area contributed by atoms with Crippen LogP contribution in [0.15, 0.2) is 105 Å². The highest BCUT2D eigenvalue weighted by Crippen LogP contribution is 2.51. The van der Waals surface area contributed by atoms with E-state index in [1.165, 1.54) is 61.4 Å². The molecule has 0 nitrogen and oxygen atoms in total. The summed E-state index contributed by atoms with van der Waals surface area (Å²) in [4.78, 5) is 1.48. The minimum atomic E-state index is 0.504. The first-order valence-corrected chi connectivity index (χ1v) is 11.9. The molecule has 1 unspecified atom stereocenters. The van der Waals surface area contributed by atoms with Gasteiger partial charge in [-0.1, -0.05) is 60.7 Å². The standard InChI is InChI=1S/C29H26S/c1-17-14-20-15-27-18(2)19(3)30-29(27)16-28(20)21(17)12-13-26-24-10-6-4-8-22(24)23-9-5-7-11-25(23)26/h4-11,14-16,26,29H,12-13H2,1-3H3. The third kappa shape index (κ3) is 2.61. The van der Waals surface area contributed by atoms with Gasteiger partial charge in [0, 0.05) is 5.92 Å². The molecule has 0 bridgehead atoms. The molecule has 148 valence electrons. The highest BCUT2D eigenvalue weighted by molar-refractivity contribution is 8.04. The van der Waals surface area contributed by atoms with Gasteiger partial charge >= 0.3 is 0 Å². The highest BCUT2D eigenvalue weighted by Gasteiger charge is 2.33. The second-order valence-corrected chi connectivity index (χ2v) is 10.3. The number of rotatable bonds is 3. The molecule has 0 radical (unpaired) electrons. The smallest absolute Gasteiger partial charge is 0.0533 e. The van der Waals surface area contributed by atoms with Crippen LogP contribution in [0.25, 0.3) is 11.1 Å². The summed E-state index contributed by atoms with van der Waals surface area (Å²) in [7, 11) is 0. The van der Waals surface area contributed by atoms with Gasteiger partial charge < -0.3 is 0 Å². The summed E-state index contributed by atoms with van der Waals surface area (Å²) in [6, 6.07) is 18.0. The van der Waals surface area contributed by atoms with Crippen LogP contribution in [0.4, 0.5) is 0 Å². The topological polar surface area (TPSA) is 0 Å². The molecule has 2 aromatic carbocycles. The molecule has 1 heterocycles. The minimum Gasteiger partial charge on any atom is -0.118 e. The summed E-state index contributed by atoms with van der Waals surface area (Å²) < 4.78 is 0. The predicted octanol–water partition coefficient (Wildman–Crippen LogP) is 8.11. The maximum atomic E-state index is 2.54. The molecule has 0 saturated heterocycles. The van der Waals surface area contributed by atoms with Gasteiger partial charge in [0.15, 0.2) is 0 Å². The molecule has 6 rings (SSSR count). The van der Waals surface area contributed by atoms with Crippen molar-refractivity contribution in [1.82, 2.24) is 0 Å². The Labute approximate surface area is 183 Å². The van der Waals surface area contributed by atoms with Crippen LogP contribution in [0.3, 0.4) is 0 Å². The largest absolute Gasteiger partial charge is 0.118 e. The lowest BCUT2D eigenvalue weighted by Crippen LogP contribution is -2.08. The maximum absolute atomic E-state index is 2.54. The van der Waals surface area contributed by atoms with E-state index in [1.807, 2.05) is 11.8 Å². The summed E-state index contributed by atoms with van der Waals surface area (Å²) in [6.45, 7) is 6.84. The first-order chi connectivity index (χ1) is 14.6. The Bertz CT molecular complexity index is 1200. The van der Waals surface area contributed by atoms with Gasteiger partial charge in [-0.15, -0.1) is 11.8 Å². The Morgan fingerprint density at radius 3 is 2.20 bits per heavy atom. The second-order valence-electron chi connectivity index (χ2n) is 8.93. The van der Waals surface area contributed by atoms with E-state index in [0.29, 0.717) is 11.2 Å². The molecule has 0 spiro atoms. The summed E-state index contributed by atoms with van der Waals surface area (Å²) in [5.41, 5.74) is 14.8. The molecule has 0 amide bonds. The fraction of sp³-hybridized carbons (Fsp3) is 0.241. The van der Waals surface area contributed by atoms with Crippen LogP contribution < -0.4 is 0 Å². The first-order valence-electron chi connectivity index (χ1n) is 11.0. The van der Waals surface area contributed by atoms with E-state index in [9.17, 15) is 0 Å². The van der Waals surface area contributed by atoms with Crippen LogP contribution in [0.1, 0.15) is 50.7 Å². The lowest BCUT2D eigenvalue weighted by molar-refractivity contribution is 0.727. The van der Waals surface area contributed by atoms with Crippen molar-refractivity contribution in [2.45, 2.75) is 44.8 Å². The van der Waals surface area contributed by atoms with Gasteiger partial charge in [0.25, 0.3) is 0 Å². The molecule has 3 aliphatic carbocycles. The molecule has 0 saturated carbocycles. The average molecular weight is 407 g/mol. The molecule has 0 N–H and O–H groups in total. The Hall–Kier alpha value is -2.51. The fourth-order valence-electron chi connectivity index (χ4n) is 5.68. The van der Waals surface area contributed by atoms with Gasteiger partial charge in [-0.2, -0.15) is 0 Å². The van der Waals surface area contributed by atoms with Crippen LogP contribution in [0.5, 0.6) is 0 Å². The summed E-state index contributed by atoms with van der Waals surface area (Å²) in [6.07, 6.45) is 9.71. The van der Waals surface area contributed by atoms with Crippen LogP contribution in [-0.2, 0) is 0 Å². The lowest BCUT2D eigenvalue weighted by atomic mass is 9.85. The normalized spacial score (nSPS) is 21.8. The van der Waals surface area contributed by atoms with E-state index in [4.69, 9.17) is 0 Å². The van der Waals surface area contributed by atoms with Gasteiger partial charge in [0.2, 0.25) is 0 Å². The molecule has 0 fully saturated rings. The van der Waals surface area contributed by atoms with E-state index >= 15 is 0 Å². The molecule has 2 aromatic rings. The third-order valence-electron chi connectivity index (χ3n) is 7.33. The van der Waals surface area contributed by atoms with Crippen LogP contribution >= 0.6 is 11.8 Å². The van der Waals surface area contributed by atoms with E-state index < -0.39 is 0 Å². The Morgan fingerprint density at radius 1 is 0.833 bits per heavy atom. The van der Waals surface area contributed by atoms with Gasteiger partial charge in [-0.05, 0) is 100 Å². The van der Waals surface area contributed by atoms with Crippen LogP contribution in [-0.4, -0.2) is 5.25 Å². The SMILES string of the molecule is CC1=C(CCC2c3ccccc3-c3ccccc32)C2=CC3SC(C)=C(C)C3=CC2=C1. The van der Waals surface area contributed by atoms with Crippen molar-refractivity contribution in [2.24, 2.45) is 0 Å². The van der Waals surface area contributed by atoms with E-state index in [0.717, 1.165) is 6.42 Å². The third-order valence-corrected chi connectivity index (χ3v) is 8.63.